The van der Waals surface area contributed by atoms with Crippen molar-refractivity contribution in [2.75, 3.05) is 45.8 Å². The van der Waals surface area contributed by atoms with Gasteiger partial charge >= 0.3 is 0 Å². The van der Waals surface area contributed by atoms with E-state index in [0.29, 0.717) is 16.3 Å². The van der Waals surface area contributed by atoms with Crippen LogP contribution in [0.25, 0.3) is 0 Å². The van der Waals surface area contributed by atoms with Crippen LogP contribution in [0.15, 0.2) is 42.6 Å². The van der Waals surface area contributed by atoms with Gasteiger partial charge in [-0.05, 0) is 49.5 Å². The van der Waals surface area contributed by atoms with Crippen molar-refractivity contribution in [3.8, 4) is 0 Å². The summed E-state index contributed by atoms with van der Waals surface area (Å²) in [6.45, 7) is 9.09. The quantitative estimate of drug-likeness (QED) is 0.583. The van der Waals surface area contributed by atoms with Gasteiger partial charge in [0.2, 0.25) is 0 Å². The number of nitrogens with zero attached hydrogens (tertiary/aromatic N) is 3. The molecule has 0 radical (unpaired) electrons. The summed E-state index contributed by atoms with van der Waals surface area (Å²) >= 11 is 5.80. The van der Waals surface area contributed by atoms with Crippen molar-refractivity contribution in [2.24, 2.45) is 5.92 Å². The van der Waals surface area contributed by atoms with E-state index < -0.39 is 0 Å². The van der Waals surface area contributed by atoms with Gasteiger partial charge in [0.05, 0.1) is 0 Å². The third-order valence-corrected chi connectivity index (χ3v) is 6.28. The molecule has 0 atom stereocenters. The Morgan fingerprint density at radius 1 is 0.966 bits per heavy atom. The Morgan fingerprint density at radius 2 is 1.62 bits per heavy atom. The van der Waals surface area contributed by atoms with Crippen LogP contribution in [-0.2, 0) is 6.54 Å². The molecule has 3 heterocycles. The number of piperidine rings is 1. The van der Waals surface area contributed by atoms with Crippen molar-refractivity contribution in [3.63, 3.8) is 0 Å². The monoisotopic (exact) mass is 412 g/mol. The van der Waals surface area contributed by atoms with Crippen LogP contribution >= 0.6 is 11.6 Å². The number of hydrogen-bond donors (Lipinski definition) is 1. The zero-order valence-corrected chi connectivity index (χ0v) is 17.6. The van der Waals surface area contributed by atoms with Gasteiger partial charge in [-0.3, -0.25) is 9.69 Å². The normalized spacial score (nSPS) is 19.3. The molecule has 2 aromatic rings. The second kappa shape index (κ2) is 9.81. The van der Waals surface area contributed by atoms with E-state index in [4.69, 9.17) is 11.6 Å². The summed E-state index contributed by atoms with van der Waals surface area (Å²) in [5, 5.41) is 3.85. The Hall–Kier alpha value is -1.79. The predicted octanol–water partition coefficient (Wildman–Crippen LogP) is 3.08. The minimum atomic E-state index is -0.0211. The van der Waals surface area contributed by atoms with E-state index >= 15 is 0 Å². The molecule has 5 nitrogen and oxygen atoms in total. The lowest BCUT2D eigenvalue weighted by Gasteiger charge is -2.37. The van der Waals surface area contributed by atoms with Crippen LogP contribution < -0.4 is 5.32 Å². The van der Waals surface area contributed by atoms with E-state index in [1.54, 1.807) is 12.1 Å². The average Bonchev–Trinajstić information content (AvgIpc) is 2.76. The second-order valence-electron chi connectivity index (χ2n) is 8.17. The van der Waals surface area contributed by atoms with Crippen LogP contribution in [0.2, 0.25) is 5.15 Å². The van der Waals surface area contributed by atoms with Crippen LogP contribution in [0.5, 0.6) is 0 Å². The molecular formula is C23H29ClN4O. The van der Waals surface area contributed by atoms with Gasteiger partial charge in [0, 0.05) is 56.6 Å². The summed E-state index contributed by atoms with van der Waals surface area (Å²) in [6.07, 6.45) is 4.16. The number of aromatic nitrogens is 1. The van der Waals surface area contributed by atoms with E-state index in [2.05, 4.69) is 32.2 Å². The van der Waals surface area contributed by atoms with Gasteiger partial charge in [-0.2, -0.15) is 0 Å². The van der Waals surface area contributed by atoms with Gasteiger partial charge in [0.15, 0.2) is 5.78 Å². The van der Waals surface area contributed by atoms with E-state index in [9.17, 15) is 4.79 Å². The van der Waals surface area contributed by atoms with Crippen LogP contribution in [0.1, 0.15) is 34.3 Å². The van der Waals surface area contributed by atoms with Gasteiger partial charge in [-0.1, -0.05) is 35.9 Å². The number of ketones is 1. The lowest BCUT2D eigenvalue weighted by molar-refractivity contribution is 0.103. The van der Waals surface area contributed by atoms with Crippen molar-refractivity contribution in [2.45, 2.75) is 19.4 Å². The van der Waals surface area contributed by atoms with Crippen LogP contribution in [0, 0.1) is 5.92 Å². The number of nitrogens with one attached hydrogen (secondary N) is 1. The molecule has 2 aliphatic rings. The average molecular weight is 413 g/mol. The zero-order valence-electron chi connectivity index (χ0n) is 16.8. The molecule has 1 N–H and O–H groups in total. The molecule has 2 aliphatic heterocycles. The number of halogens is 1. The molecule has 2 fully saturated rings. The molecule has 2 saturated heterocycles. The van der Waals surface area contributed by atoms with Gasteiger partial charge in [0.1, 0.15) is 5.15 Å². The molecule has 0 unspecified atom stereocenters. The number of hydrogen-bond acceptors (Lipinski definition) is 5. The van der Waals surface area contributed by atoms with Crippen molar-refractivity contribution >= 4 is 17.4 Å². The Kier molecular flexibility index (Phi) is 6.93. The molecule has 0 spiro atoms. The Labute approximate surface area is 178 Å². The molecule has 1 aromatic carbocycles. The number of carbonyl (C=O) groups excluding carboxylic acids is 1. The molecule has 29 heavy (non-hydrogen) atoms. The van der Waals surface area contributed by atoms with Crippen LogP contribution in [0.4, 0.5) is 0 Å². The van der Waals surface area contributed by atoms with Crippen molar-refractivity contribution in [1.82, 2.24) is 20.1 Å². The standard InChI is InChI=1S/C23H29ClN4O/c24-22-6-5-21(15-26-22)23(29)20-3-1-18(2-4-20)16-27-11-13-28(14-12-27)17-19-7-9-25-10-8-19/h1-6,15,19,25H,7-14,16-17H2. The largest absolute Gasteiger partial charge is 0.317 e. The first-order valence-electron chi connectivity index (χ1n) is 10.6. The summed E-state index contributed by atoms with van der Waals surface area (Å²) in [7, 11) is 0. The van der Waals surface area contributed by atoms with Gasteiger partial charge < -0.3 is 10.2 Å². The van der Waals surface area contributed by atoms with Crippen molar-refractivity contribution < 1.29 is 4.79 Å². The summed E-state index contributed by atoms with van der Waals surface area (Å²) in [5.74, 6) is 0.843. The smallest absolute Gasteiger partial charge is 0.194 e. The molecule has 0 bridgehead atoms. The summed E-state index contributed by atoms with van der Waals surface area (Å²) < 4.78 is 0. The van der Waals surface area contributed by atoms with E-state index in [1.807, 2.05) is 12.1 Å². The molecule has 0 aliphatic carbocycles. The first-order valence-corrected chi connectivity index (χ1v) is 11.0. The van der Waals surface area contributed by atoms with E-state index in [0.717, 1.165) is 38.6 Å². The third kappa shape index (κ3) is 5.64. The topological polar surface area (TPSA) is 48.5 Å². The van der Waals surface area contributed by atoms with Gasteiger partial charge in [0.25, 0.3) is 0 Å². The zero-order chi connectivity index (χ0) is 20.1. The third-order valence-electron chi connectivity index (χ3n) is 6.05. The molecule has 0 saturated carbocycles. The minimum Gasteiger partial charge on any atom is -0.317 e. The fraction of sp³-hybridized carbons (Fsp3) is 0.478. The van der Waals surface area contributed by atoms with Crippen molar-refractivity contribution in [3.05, 3.63) is 64.4 Å². The highest BCUT2D eigenvalue weighted by molar-refractivity contribution is 6.29. The Morgan fingerprint density at radius 3 is 2.28 bits per heavy atom. The molecular weight excluding hydrogens is 384 g/mol. The maximum Gasteiger partial charge on any atom is 0.194 e. The van der Waals surface area contributed by atoms with Gasteiger partial charge in [-0.25, -0.2) is 4.98 Å². The number of benzene rings is 1. The van der Waals surface area contributed by atoms with Crippen LogP contribution in [-0.4, -0.2) is 66.4 Å². The first-order chi connectivity index (χ1) is 14.2. The van der Waals surface area contributed by atoms with E-state index in [1.165, 1.54) is 44.2 Å². The molecule has 154 valence electrons. The highest BCUT2D eigenvalue weighted by Crippen LogP contribution is 2.17. The predicted molar refractivity (Wildman–Crippen MR) is 116 cm³/mol. The molecule has 4 rings (SSSR count). The Bertz CT molecular complexity index is 795. The second-order valence-corrected chi connectivity index (χ2v) is 8.55. The fourth-order valence-corrected chi connectivity index (χ4v) is 4.37. The number of piperazine rings is 1. The number of rotatable bonds is 6. The fourth-order valence-electron chi connectivity index (χ4n) is 4.26. The lowest BCUT2D eigenvalue weighted by Crippen LogP contribution is -2.48. The maximum absolute atomic E-state index is 12.6. The minimum absolute atomic E-state index is 0.0211. The summed E-state index contributed by atoms with van der Waals surface area (Å²) in [6, 6.07) is 11.3. The number of pyridine rings is 1. The summed E-state index contributed by atoms with van der Waals surface area (Å²) in [4.78, 5) is 21.7. The summed E-state index contributed by atoms with van der Waals surface area (Å²) in [5.41, 5.74) is 2.50. The highest BCUT2D eigenvalue weighted by atomic mass is 35.5. The Balaban J connectivity index is 1.26. The molecule has 1 aromatic heterocycles. The number of carbonyl (C=O) groups is 1. The van der Waals surface area contributed by atoms with Gasteiger partial charge in [-0.15, -0.1) is 0 Å². The molecule has 6 heteroatoms. The lowest BCUT2D eigenvalue weighted by atomic mass is 9.97. The highest BCUT2D eigenvalue weighted by Gasteiger charge is 2.21. The van der Waals surface area contributed by atoms with E-state index in [-0.39, 0.29) is 5.78 Å². The molecule has 0 amide bonds. The van der Waals surface area contributed by atoms with Crippen LogP contribution in [0.3, 0.4) is 0 Å². The SMILES string of the molecule is O=C(c1ccc(CN2CCN(CC3CCNCC3)CC2)cc1)c1ccc(Cl)nc1. The van der Waals surface area contributed by atoms with Crippen molar-refractivity contribution in [1.29, 1.82) is 0 Å². The maximum atomic E-state index is 12.6. The first kappa shape index (κ1) is 20.5.